The summed E-state index contributed by atoms with van der Waals surface area (Å²) < 4.78 is 0. The van der Waals surface area contributed by atoms with Crippen LogP contribution in [0.4, 0.5) is 4.79 Å². The number of urea groups is 1. The van der Waals surface area contributed by atoms with Gasteiger partial charge in [-0.05, 0) is 5.56 Å². The van der Waals surface area contributed by atoms with E-state index in [2.05, 4.69) is 4.99 Å². The molecular formula is C9H8N2O. The van der Waals surface area contributed by atoms with Crippen molar-refractivity contribution in [2.75, 3.05) is 0 Å². The van der Waals surface area contributed by atoms with Crippen molar-refractivity contribution in [1.29, 1.82) is 0 Å². The quantitative estimate of drug-likeness (QED) is 0.647. The zero-order chi connectivity index (χ0) is 8.39. The van der Waals surface area contributed by atoms with Crippen LogP contribution in [0.25, 0.3) is 0 Å². The summed E-state index contributed by atoms with van der Waals surface area (Å²) in [5, 5.41) is 0. The van der Waals surface area contributed by atoms with Gasteiger partial charge in [0.05, 0.1) is 6.54 Å². The molecule has 1 aliphatic heterocycles. The molecule has 0 saturated heterocycles. The molecule has 1 heterocycles. The van der Waals surface area contributed by atoms with Gasteiger partial charge in [0, 0.05) is 0 Å². The average Bonchev–Trinajstić information content (AvgIpc) is 2.14. The van der Waals surface area contributed by atoms with Crippen molar-refractivity contribution in [3.63, 3.8) is 0 Å². The highest BCUT2D eigenvalue weighted by atomic mass is 16.2. The lowest BCUT2D eigenvalue weighted by Crippen LogP contribution is -2.34. The normalized spacial score (nSPS) is 14.7. The van der Waals surface area contributed by atoms with E-state index in [0.29, 0.717) is 6.54 Å². The second-order valence-corrected chi connectivity index (χ2v) is 2.64. The summed E-state index contributed by atoms with van der Waals surface area (Å²) in [6.45, 7) is 0.628. The SMILES string of the molecule is O=C1N=CN1Cc1ccccc1. The Labute approximate surface area is 70.3 Å². The van der Waals surface area contributed by atoms with Crippen LogP contribution in [-0.2, 0) is 6.54 Å². The largest absolute Gasteiger partial charge is 0.350 e. The summed E-state index contributed by atoms with van der Waals surface area (Å²) in [4.78, 5) is 15.9. The number of aliphatic imine (C=N–C) groups is 1. The van der Waals surface area contributed by atoms with Crippen molar-refractivity contribution in [2.24, 2.45) is 4.99 Å². The lowest BCUT2D eigenvalue weighted by atomic mass is 10.2. The van der Waals surface area contributed by atoms with E-state index in [9.17, 15) is 4.79 Å². The standard InChI is InChI=1S/C9H8N2O/c12-9-10-7-11(9)6-8-4-2-1-3-5-8/h1-5,7H,6H2. The Morgan fingerprint density at radius 2 is 2.00 bits per heavy atom. The third kappa shape index (κ3) is 1.21. The van der Waals surface area contributed by atoms with Gasteiger partial charge in [0.15, 0.2) is 0 Å². The van der Waals surface area contributed by atoms with E-state index in [4.69, 9.17) is 0 Å². The van der Waals surface area contributed by atoms with Crippen LogP contribution in [0, 0.1) is 0 Å². The number of benzene rings is 1. The van der Waals surface area contributed by atoms with Crippen LogP contribution in [0.3, 0.4) is 0 Å². The Hall–Kier alpha value is -1.64. The Morgan fingerprint density at radius 3 is 2.50 bits per heavy atom. The molecule has 1 aromatic rings. The van der Waals surface area contributed by atoms with Gasteiger partial charge >= 0.3 is 6.03 Å². The van der Waals surface area contributed by atoms with E-state index < -0.39 is 0 Å². The van der Waals surface area contributed by atoms with Crippen LogP contribution in [0.1, 0.15) is 5.56 Å². The van der Waals surface area contributed by atoms with Crippen molar-refractivity contribution in [2.45, 2.75) is 6.54 Å². The number of amides is 2. The summed E-state index contributed by atoms with van der Waals surface area (Å²) in [6, 6.07) is 9.68. The number of rotatable bonds is 2. The Morgan fingerprint density at radius 1 is 1.25 bits per heavy atom. The first kappa shape index (κ1) is 7.03. The molecule has 2 rings (SSSR count). The molecule has 2 amide bonds. The fourth-order valence-electron chi connectivity index (χ4n) is 1.08. The highest BCUT2D eigenvalue weighted by Gasteiger charge is 2.17. The van der Waals surface area contributed by atoms with Gasteiger partial charge < -0.3 is 0 Å². The summed E-state index contributed by atoms with van der Waals surface area (Å²) in [6.07, 6.45) is 1.55. The second-order valence-electron chi connectivity index (χ2n) is 2.64. The fourth-order valence-corrected chi connectivity index (χ4v) is 1.08. The van der Waals surface area contributed by atoms with Crippen LogP contribution >= 0.6 is 0 Å². The van der Waals surface area contributed by atoms with Gasteiger partial charge in [0.1, 0.15) is 6.34 Å². The average molecular weight is 160 g/mol. The molecule has 12 heavy (non-hydrogen) atoms. The highest BCUT2D eigenvalue weighted by Crippen LogP contribution is 2.08. The number of hydrogen-bond acceptors (Lipinski definition) is 1. The molecule has 0 bridgehead atoms. The minimum atomic E-state index is -0.154. The van der Waals surface area contributed by atoms with Crippen LogP contribution in [0.5, 0.6) is 0 Å². The van der Waals surface area contributed by atoms with Gasteiger partial charge in [0.25, 0.3) is 0 Å². The maximum absolute atomic E-state index is 10.8. The molecule has 0 unspecified atom stereocenters. The minimum absolute atomic E-state index is 0.154. The van der Waals surface area contributed by atoms with E-state index in [1.165, 1.54) is 0 Å². The molecule has 0 spiro atoms. The van der Waals surface area contributed by atoms with Crippen molar-refractivity contribution < 1.29 is 4.79 Å². The van der Waals surface area contributed by atoms with Gasteiger partial charge in [-0.3, -0.25) is 4.90 Å². The first-order valence-electron chi connectivity index (χ1n) is 3.75. The Kier molecular flexibility index (Phi) is 1.63. The van der Waals surface area contributed by atoms with Crippen LogP contribution in [-0.4, -0.2) is 17.3 Å². The van der Waals surface area contributed by atoms with Gasteiger partial charge in [-0.25, -0.2) is 4.79 Å². The first-order chi connectivity index (χ1) is 5.86. The summed E-state index contributed by atoms with van der Waals surface area (Å²) >= 11 is 0. The summed E-state index contributed by atoms with van der Waals surface area (Å²) in [5.41, 5.74) is 1.12. The third-order valence-electron chi connectivity index (χ3n) is 1.75. The zero-order valence-corrected chi connectivity index (χ0v) is 6.47. The molecule has 0 radical (unpaired) electrons. The smallest absolute Gasteiger partial charge is 0.278 e. The van der Waals surface area contributed by atoms with E-state index in [0.717, 1.165) is 5.56 Å². The molecule has 0 N–H and O–H groups in total. The molecule has 0 atom stereocenters. The number of hydrogen-bond donors (Lipinski definition) is 0. The van der Waals surface area contributed by atoms with Crippen molar-refractivity contribution in [3.05, 3.63) is 35.9 Å². The molecule has 1 aromatic carbocycles. The van der Waals surface area contributed by atoms with Crippen LogP contribution in [0.2, 0.25) is 0 Å². The highest BCUT2D eigenvalue weighted by molar-refractivity contribution is 6.00. The molecule has 0 aromatic heterocycles. The van der Waals surface area contributed by atoms with E-state index in [-0.39, 0.29) is 6.03 Å². The van der Waals surface area contributed by atoms with Crippen LogP contribution < -0.4 is 0 Å². The van der Waals surface area contributed by atoms with Crippen molar-refractivity contribution in [1.82, 2.24) is 4.90 Å². The van der Waals surface area contributed by atoms with E-state index in [1.54, 1.807) is 11.2 Å². The van der Waals surface area contributed by atoms with Crippen molar-refractivity contribution >= 4 is 12.4 Å². The second kappa shape index (κ2) is 2.77. The molecule has 3 nitrogen and oxygen atoms in total. The molecule has 1 aliphatic rings. The summed E-state index contributed by atoms with van der Waals surface area (Å²) in [7, 11) is 0. The van der Waals surface area contributed by atoms with Crippen molar-refractivity contribution in [3.8, 4) is 0 Å². The van der Waals surface area contributed by atoms with Crippen LogP contribution in [0.15, 0.2) is 35.3 Å². The van der Waals surface area contributed by atoms with E-state index >= 15 is 0 Å². The Balaban J connectivity index is 2.05. The van der Waals surface area contributed by atoms with Gasteiger partial charge in [0.2, 0.25) is 0 Å². The lowest BCUT2D eigenvalue weighted by molar-refractivity contribution is 0.223. The number of nitrogens with zero attached hydrogens (tertiary/aromatic N) is 2. The number of carbonyl (C=O) groups excluding carboxylic acids is 1. The lowest BCUT2D eigenvalue weighted by Gasteiger charge is -2.20. The number of carbonyl (C=O) groups is 1. The van der Waals surface area contributed by atoms with Gasteiger partial charge in [-0.1, -0.05) is 30.3 Å². The first-order valence-corrected chi connectivity index (χ1v) is 3.75. The predicted molar refractivity (Wildman–Crippen MR) is 45.9 cm³/mol. The molecule has 0 aliphatic carbocycles. The monoisotopic (exact) mass is 160 g/mol. The maximum atomic E-state index is 10.8. The molecule has 0 saturated carbocycles. The van der Waals surface area contributed by atoms with Gasteiger partial charge in [-0.2, -0.15) is 4.99 Å². The predicted octanol–water partition coefficient (Wildman–Crippen LogP) is 1.65. The molecule has 60 valence electrons. The minimum Gasteiger partial charge on any atom is -0.278 e. The topological polar surface area (TPSA) is 32.7 Å². The zero-order valence-electron chi connectivity index (χ0n) is 6.47. The molecule has 0 fully saturated rings. The van der Waals surface area contributed by atoms with Gasteiger partial charge in [-0.15, -0.1) is 0 Å². The third-order valence-corrected chi connectivity index (χ3v) is 1.75. The maximum Gasteiger partial charge on any atom is 0.350 e. The Bertz CT molecular complexity index is 319. The molecular weight excluding hydrogens is 152 g/mol. The fraction of sp³-hybridized carbons (Fsp3) is 0.111. The molecule has 3 heteroatoms. The van der Waals surface area contributed by atoms with E-state index in [1.807, 2.05) is 30.3 Å². The summed E-state index contributed by atoms with van der Waals surface area (Å²) in [5.74, 6) is 0.